The van der Waals surface area contributed by atoms with E-state index in [-0.39, 0.29) is 0 Å². The molecule has 0 bridgehead atoms. The molecule has 0 spiro atoms. The fourth-order valence-corrected chi connectivity index (χ4v) is 8.54. The van der Waals surface area contributed by atoms with Crippen molar-refractivity contribution in [2.75, 3.05) is 0 Å². The van der Waals surface area contributed by atoms with E-state index in [1.165, 1.54) is 52.5 Å². The number of aromatic nitrogens is 3. The summed E-state index contributed by atoms with van der Waals surface area (Å²) in [6, 6.07) is 30.6. The van der Waals surface area contributed by atoms with Crippen LogP contribution in [0.1, 0.15) is 25.0 Å². The van der Waals surface area contributed by atoms with Gasteiger partial charge in [-0.1, -0.05) is 56.3 Å². The van der Waals surface area contributed by atoms with Gasteiger partial charge in [0.2, 0.25) is 0 Å². The first-order valence-corrected chi connectivity index (χ1v) is 15.1. The molecule has 5 heteroatoms. The second kappa shape index (κ2) is 8.73. The third kappa shape index (κ3) is 3.27. The number of hydrogen-bond donors (Lipinski definition) is 0. The number of fused-ring (bicyclic) bond motifs is 7. The van der Waals surface area contributed by atoms with Crippen LogP contribution >= 0.6 is 22.7 Å². The molecule has 0 saturated heterocycles. The van der Waals surface area contributed by atoms with Crippen molar-refractivity contribution < 1.29 is 0 Å². The second-order valence-corrected chi connectivity index (χ2v) is 12.0. The Balaban J connectivity index is 1.53. The van der Waals surface area contributed by atoms with Gasteiger partial charge in [-0.15, -0.1) is 22.7 Å². The number of para-hydroxylation sites is 2. The van der Waals surface area contributed by atoms with E-state index in [0.717, 1.165) is 40.1 Å². The first kappa shape index (κ1) is 22.9. The molecule has 0 aliphatic rings. The van der Waals surface area contributed by atoms with E-state index in [0.29, 0.717) is 0 Å². The van der Waals surface area contributed by atoms with Gasteiger partial charge in [-0.25, -0.2) is 9.97 Å². The zero-order valence-electron chi connectivity index (χ0n) is 21.7. The smallest absolute Gasteiger partial charge is 0.147 e. The molecule has 4 aromatic carbocycles. The number of rotatable bonds is 4. The van der Waals surface area contributed by atoms with Crippen LogP contribution in [-0.4, -0.2) is 14.5 Å². The van der Waals surface area contributed by atoms with Gasteiger partial charge in [-0.2, -0.15) is 0 Å². The maximum atomic E-state index is 5.31. The molecule has 0 saturated carbocycles. The van der Waals surface area contributed by atoms with Crippen molar-refractivity contribution in [2.45, 2.75) is 26.7 Å². The molecular formula is C34H25N3S2. The van der Waals surface area contributed by atoms with Crippen LogP contribution in [0.5, 0.6) is 0 Å². The van der Waals surface area contributed by atoms with E-state index >= 15 is 0 Å². The number of imidazole rings is 1. The number of benzene rings is 4. The van der Waals surface area contributed by atoms with E-state index in [9.17, 15) is 0 Å². The molecule has 0 radical (unpaired) electrons. The summed E-state index contributed by atoms with van der Waals surface area (Å²) in [5, 5.41) is 5.17. The highest BCUT2D eigenvalue weighted by Crippen LogP contribution is 2.44. The SMILES string of the molecule is CCc1cc2c(sc3ccccc32)c(CC)c1-n1c(-c2cccc3c2sc2ncccc23)nc2ccccc21. The van der Waals surface area contributed by atoms with Crippen molar-refractivity contribution in [1.82, 2.24) is 14.5 Å². The molecule has 4 heterocycles. The van der Waals surface area contributed by atoms with Crippen LogP contribution in [0.2, 0.25) is 0 Å². The molecule has 8 aromatic rings. The Hall–Kier alpha value is -4.06. The van der Waals surface area contributed by atoms with Gasteiger partial charge in [0, 0.05) is 47.4 Å². The summed E-state index contributed by atoms with van der Waals surface area (Å²) in [5.41, 5.74) is 7.38. The summed E-state index contributed by atoms with van der Waals surface area (Å²) in [7, 11) is 0. The average molecular weight is 540 g/mol. The van der Waals surface area contributed by atoms with Gasteiger partial charge in [0.15, 0.2) is 0 Å². The molecule has 0 fully saturated rings. The monoisotopic (exact) mass is 539 g/mol. The van der Waals surface area contributed by atoms with E-state index in [2.05, 4.69) is 102 Å². The molecule has 188 valence electrons. The molecule has 39 heavy (non-hydrogen) atoms. The third-order valence-corrected chi connectivity index (χ3v) is 10.3. The van der Waals surface area contributed by atoms with Crippen molar-refractivity contribution in [2.24, 2.45) is 0 Å². The number of hydrogen-bond acceptors (Lipinski definition) is 4. The summed E-state index contributed by atoms with van der Waals surface area (Å²) in [6.07, 6.45) is 3.79. The predicted molar refractivity (Wildman–Crippen MR) is 169 cm³/mol. The highest BCUT2D eigenvalue weighted by atomic mass is 32.1. The number of aryl methyl sites for hydroxylation is 2. The molecule has 0 aliphatic heterocycles. The topological polar surface area (TPSA) is 30.7 Å². The lowest BCUT2D eigenvalue weighted by Crippen LogP contribution is -2.06. The minimum Gasteiger partial charge on any atom is -0.292 e. The van der Waals surface area contributed by atoms with Crippen LogP contribution < -0.4 is 0 Å². The van der Waals surface area contributed by atoms with Gasteiger partial charge < -0.3 is 0 Å². The zero-order chi connectivity index (χ0) is 26.1. The summed E-state index contributed by atoms with van der Waals surface area (Å²) in [5.74, 6) is 0.998. The van der Waals surface area contributed by atoms with Crippen LogP contribution in [0.3, 0.4) is 0 Å². The Kier molecular flexibility index (Phi) is 5.12. The first-order chi connectivity index (χ1) is 19.3. The lowest BCUT2D eigenvalue weighted by atomic mass is 9.98. The summed E-state index contributed by atoms with van der Waals surface area (Å²) < 4.78 is 6.42. The molecule has 8 rings (SSSR count). The number of thiophene rings is 2. The minimum absolute atomic E-state index is 0.950. The third-order valence-electron chi connectivity index (χ3n) is 7.85. The van der Waals surface area contributed by atoms with Crippen molar-refractivity contribution in [1.29, 1.82) is 0 Å². The van der Waals surface area contributed by atoms with E-state index in [1.54, 1.807) is 11.3 Å². The molecule has 4 aromatic heterocycles. The molecule has 0 aliphatic carbocycles. The molecular weight excluding hydrogens is 515 g/mol. The molecule has 0 N–H and O–H groups in total. The fraction of sp³-hybridized carbons (Fsp3) is 0.118. The first-order valence-electron chi connectivity index (χ1n) is 13.5. The average Bonchev–Trinajstić information content (AvgIpc) is 3.67. The maximum absolute atomic E-state index is 5.31. The standard InChI is InChI=1S/C34H25N3S2/c1-3-20-19-26-22-11-5-8-17-29(22)38-31(26)21(4-2)30(20)37-28-16-7-6-15-27(28)36-33(37)25-13-9-12-23-24-14-10-18-35-34(24)39-32(23)25/h5-19H,3-4H2,1-2H3. The van der Waals surface area contributed by atoms with Gasteiger partial charge in [-0.3, -0.25) is 4.57 Å². The molecule has 3 nitrogen and oxygen atoms in total. The maximum Gasteiger partial charge on any atom is 0.147 e. The Bertz CT molecular complexity index is 2210. The normalized spacial score (nSPS) is 12.1. The number of nitrogens with zero attached hydrogens (tertiary/aromatic N) is 3. The summed E-state index contributed by atoms with van der Waals surface area (Å²) in [4.78, 5) is 11.1. The quantitative estimate of drug-likeness (QED) is 0.223. The van der Waals surface area contributed by atoms with Gasteiger partial charge >= 0.3 is 0 Å². The van der Waals surface area contributed by atoms with E-state index in [1.807, 2.05) is 23.6 Å². The van der Waals surface area contributed by atoms with Gasteiger partial charge in [-0.05, 0) is 66.4 Å². The fourth-order valence-electron chi connectivity index (χ4n) is 6.09. The lowest BCUT2D eigenvalue weighted by molar-refractivity contribution is 1.00. The van der Waals surface area contributed by atoms with Crippen LogP contribution in [-0.2, 0) is 12.8 Å². The zero-order valence-corrected chi connectivity index (χ0v) is 23.4. The largest absolute Gasteiger partial charge is 0.292 e. The van der Waals surface area contributed by atoms with Crippen molar-refractivity contribution >= 4 is 74.2 Å². The second-order valence-electron chi connectivity index (χ2n) is 9.94. The molecule has 0 amide bonds. The Morgan fingerprint density at radius 1 is 0.718 bits per heavy atom. The Labute approximate surface area is 234 Å². The summed E-state index contributed by atoms with van der Waals surface area (Å²) in [6.45, 7) is 4.56. The highest BCUT2D eigenvalue weighted by molar-refractivity contribution is 7.26. The van der Waals surface area contributed by atoms with Gasteiger partial charge in [0.1, 0.15) is 10.7 Å². The lowest BCUT2D eigenvalue weighted by Gasteiger charge is -2.19. The van der Waals surface area contributed by atoms with E-state index < -0.39 is 0 Å². The highest BCUT2D eigenvalue weighted by Gasteiger charge is 2.24. The molecule has 0 unspecified atom stereocenters. The van der Waals surface area contributed by atoms with Crippen LogP contribution in [0.15, 0.2) is 91.1 Å². The van der Waals surface area contributed by atoms with Crippen LogP contribution in [0.25, 0.3) is 68.6 Å². The minimum atomic E-state index is 0.950. The van der Waals surface area contributed by atoms with Gasteiger partial charge in [0.25, 0.3) is 0 Å². The van der Waals surface area contributed by atoms with Crippen molar-refractivity contribution in [3.05, 3.63) is 102 Å². The van der Waals surface area contributed by atoms with Crippen molar-refractivity contribution in [3.8, 4) is 17.1 Å². The van der Waals surface area contributed by atoms with Crippen LogP contribution in [0, 0.1) is 0 Å². The predicted octanol–water partition coefficient (Wildman–Crippen LogP) is 9.95. The van der Waals surface area contributed by atoms with E-state index in [4.69, 9.17) is 4.98 Å². The Morgan fingerprint density at radius 3 is 2.44 bits per heavy atom. The Morgan fingerprint density at radius 2 is 1.54 bits per heavy atom. The van der Waals surface area contributed by atoms with Crippen molar-refractivity contribution in [3.63, 3.8) is 0 Å². The van der Waals surface area contributed by atoms with Gasteiger partial charge in [0.05, 0.1) is 16.7 Å². The molecule has 0 atom stereocenters. The summed E-state index contributed by atoms with van der Waals surface area (Å²) >= 11 is 3.68. The van der Waals surface area contributed by atoms with Crippen LogP contribution in [0.4, 0.5) is 0 Å². The number of pyridine rings is 1.